The predicted molar refractivity (Wildman–Crippen MR) is 89.5 cm³/mol. The summed E-state index contributed by atoms with van der Waals surface area (Å²) in [4.78, 5) is 56.5. The van der Waals surface area contributed by atoms with E-state index < -0.39 is 26.2 Å². The number of carbonyl (C=O) groups excluding carboxylic acids is 2. The van der Waals surface area contributed by atoms with Gasteiger partial charge in [0.1, 0.15) is 0 Å². The second-order valence-electron chi connectivity index (χ2n) is 5.91. The minimum Gasteiger partial charge on any atom is -0.319 e. The van der Waals surface area contributed by atoms with E-state index in [1.165, 1.54) is 0 Å². The quantitative estimate of drug-likeness (QED) is 0.248. The summed E-state index contributed by atoms with van der Waals surface area (Å²) in [6.45, 7) is 0. The van der Waals surface area contributed by atoms with Crippen molar-refractivity contribution in [3.05, 3.63) is 0 Å². The smallest absolute Gasteiger partial charge is 0.319 e. The first kappa shape index (κ1) is 23.6. The van der Waals surface area contributed by atoms with E-state index in [0.29, 0.717) is 12.8 Å². The molecule has 0 aromatic heterocycles. The summed E-state index contributed by atoms with van der Waals surface area (Å²) < 4.78 is 21.2. The van der Waals surface area contributed by atoms with Crippen LogP contribution in [0.25, 0.3) is 0 Å². The lowest BCUT2D eigenvalue weighted by atomic mass is 10.1. The van der Waals surface area contributed by atoms with Crippen LogP contribution in [0.2, 0.25) is 0 Å². The molecule has 0 radical (unpaired) electrons. The molecular weight excluding hydrogens is 358 g/mol. The molecular formula is C14H28O8P2. The number of unbranched alkanes of at least 4 members (excludes halogenated alkanes) is 9. The van der Waals surface area contributed by atoms with Crippen molar-refractivity contribution in [3.8, 4) is 0 Å². The highest BCUT2D eigenvalue weighted by Gasteiger charge is 2.24. The lowest BCUT2D eigenvalue weighted by Crippen LogP contribution is -1.98. The molecule has 0 aliphatic heterocycles. The summed E-state index contributed by atoms with van der Waals surface area (Å²) in [6.07, 6.45) is 8.32. The molecule has 10 heteroatoms. The fraction of sp³-hybridized carbons (Fsp3) is 0.857. The number of hydrogen-bond donors (Lipinski definition) is 4. The molecule has 0 spiro atoms. The normalized spacial score (nSPS) is 12.3. The summed E-state index contributed by atoms with van der Waals surface area (Å²) in [5, 5.41) is 0. The molecule has 0 saturated carbocycles. The zero-order valence-corrected chi connectivity index (χ0v) is 15.6. The second kappa shape index (κ2) is 12.1. The molecule has 0 fully saturated rings. The first-order valence-electron chi connectivity index (χ1n) is 8.23. The molecule has 0 saturated heterocycles. The molecule has 0 aromatic rings. The highest BCUT2D eigenvalue weighted by Crippen LogP contribution is 2.38. The van der Waals surface area contributed by atoms with Gasteiger partial charge in [0.25, 0.3) is 0 Å². The van der Waals surface area contributed by atoms with Crippen molar-refractivity contribution in [3.63, 3.8) is 0 Å². The Hall–Kier alpha value is -0.360. The minimum absolute atomic E-state index is 0.0718. The second-order valence-corrected chi connectivity index (χ2v) is 9.08. The van der Waals surface area contributed by atoms with Gasteiger partial charge in [0, 0.05) is 12.8 Å². The summed E-state index contributed by atoms with van der Waals surface area (Å²) >= 11 is 0. The molecule has 0 unspecified atom stereocenters. The molecule has 0 amide bonds. The van der Waals surface area contributed by atoms with E-state index in [1.54, 1.807) is 0 Å². The van der Waals surface area contributed by atoms with Crippen molar-refractivity contribution in [2.75, 3.05) is 0 Å². The van der Waals surface area contributed by atoms with Crippen LogP contribution in [0.4, 0.5) is 0 Å². The van der Waals surface area contributed by atoms with Crippen molar-refractivity contribution < 1.29 is 38.3 Å². The molecule has 142 valence electrons. The van der Waals surface area contributed by atoms with Crippen LogP contribution in [-0.2, 0) is 18.7 Å². The van der Waals surface area contributed by atoms with E-state index >= 15 is 0 Å². The van der Waals surface area contributed by atoms with Crippen LogP contribution in [0.3, 0.4) is 0 Å². The SMILES string of the molecule is O=C(CCCCCCCCCCCCC(=O)P(=O)(O)O)P(=O)(O)O. The van der Waals surface area contributed by atoms with Gasteiger partial charge in [-0.3, -0.25) is 18.7 Å². The fourth-order valence-electron chi connectivity index (χ4n) is 2.26. The van der Waals surface area contributed by atoms with Gasteiger partial charge in [0.2, 0.25) is 11.0 Å². The van der Waals surface area contributed by atoms with Gasteiger partial charge >= 0.3 is 15.2 Å². The average molecular weight is 386 g/mol. The van der Waals surface area contributed by atoms with Gasteiger partial charge in [-0.05, 0) is 12.8 Å². The maximum atomic E-state index is 11.0. The minimum atomic E-state index is -4.56. The van der Waals surface area contributed by atoms with Gasteiger partial charge in [-0.2, -0.15) is 0 Å². The van der Waals surface area contributed by atoms with E-state index in [2.05, 4.69) is 0 Å². The van der Waals surface area contributed by atoms with Crippen molar-refractivity contribution >= 4 is 26.2 Å². The number of carbonyl (C=O) groups is 2. The Morgan fingerprint density at radius 1 is 0.500 bits per heavy atom. The maximum absolute atomic E-state index is 11.0. The van der Waals surface area contributed by atoms with E-state index in [9.17, 15) is 18.7 Å². The van der Waals surface area contributed by atoms with Crippen molar-refractivity contribution in [2.24, 2.45) is 0 Å². The Kier molecular flexibility index (Phi) is 11.9. The standard InChI is InChI=1S/C14H28O8P2/c15-13(23(17,18)19)11-9-7-5-3-1-2-4-6-8-10-12-14(16)24(20,21)22/h1-12H2,(H2,17,18,19)(H2,20,21,22). The van der Waals surface area contributed by atoms with Gasteiger partial charge in [-0.25, -0.2) is 0 Å². The van der Waals surface area contributed by atoms with Crippen LogP contribution < -0.4 is 0 Å². The molecule has 0 bridgehead atoms. The predicted octanol–water partition coefficient (Wildman–Crippen LogP) is 3.08. The van der Waals surface area contributed by atoms with Gasteiger partial charge in [0.05, 0.1) is 0 Å². The van der Waals surface area contributed by atoms with Crippen LogP contribution in [0.15, 0.2) is 0 Å². The highest BCUT2D eigenvalue weighted by atomic mass is 31.2. The van der Waals surface area contributed by atoms with Crippen LogP contribution in [0.1, 0.15) is 77.0 Å². The Morgan fingerprint density at radius 3 is 0.917 bits per heavy atom. The Labute approximate surface area is 142 Å². The molecule has 0 aromatic carbocycles. The summed E-state index contributed by atoms with van der Waals surface area (Å²) in [5.74, 6) is 0. The van der Waals surface area contributed by atoms with Crippen LogP contribution in [0.5, 0.6) is 0 Å². The molecule has 4 N–H and O–H groups in total. The van der Waals surface area contributed by atoms with E-state index in [0.717, 1.165) is 51.4 Å². The third kappa shape index (κ3) is 13.0. The van der Waals surface area contributed by atoms with Gasteiger partial charge in [-0.15, -0.1) is 0 Å². The third-order valence-corrected chi connectivity index (χ3v) is 5.43. The Morgan fingerprint density at radius 2 is 0.708 bits per heavy atom. The third-order valence-electron chi connectivity index (χ3n) is 3.68. The average Bonchev–Trinajstić information content (AvgIpc) is 2.45. The molecule has 0 aliphatic rings. The van der Waals surface area contributed by atoms with Crippen LogP contribution in [-0.4, -0.2) is 30.6 Å². The maximum Gasteiger partial charge on any atom is 0.391 e. The lowest BCUT2D eigenvalue weighted by Gasteiger charge is -2.04. The van der Waals surface area contributed by atoms with Crippen molar-refractivity contribution in [2.45, 2.75) is 77.0 Å². The van der Waals surface area contributed by atoms with Gasteiger partial charge in [-0.1, -0.05) is 51.4 Å². The van der Waals surface area contributed by atoms with Crippen LogP contribution in [0, 0.1) is 0 Å². The first-order valence-corrected chi connectivity index (χ1v) is 11.5. The lowest BCUT2D eigenvalue weighted by molar-refractivity contribution is -0.114. The Bertz CT molecular complexity index is 435. The van der Waals surface area contributed by atoms with Crippen molar-refractivity contribution in [1.29, 1.82) is 0 Å². The topological polar surface area (TPSA) is 149 Å². The largest absolute Gasteiger partial charge is 0.391 e. The molecule has 24 heavy (non-hydrogen) atoms. The number of hydrogen-bond acceptors (Lipinski definition) is 4. The summed E-state index contributed by atoms with van der Waals surface area (Å²) in [6, 6.07) is 0. The van der Waals surface area contributed by atoms with E-state index in [1.807, 2.05) is 0 Å². The van der Waals surface area contributed by atoms with Gasteiger partial charge < -0.3 is 19.6 Å². The van der Waals surface area contributed by atoms with Crippen LogP contribution >= 0.6 is 15.2 Å². The Balaban J connectivity index is 3.35. The zero-order valence-electron chi connectivity index (χ0n) is 13.8. The summed E-state index contributed by atoms with van der Waals surface area (Å²) in [5.41, 5.74) is -1.97. The molecule has 0 atom stereocenters. The molecule has 0 heterocycles. The molecule has 0 aliphatic carbocycles. The van der Waals surface area contributed by atoms with E-state index in [-0.39, 0.29) is 12.8 Å². The number of rotatable bonds is 15. The van der Waals surface area contributed by atoms with Gasteiger partial charge in [0.15, 0.2) is 0 Å². The summed E-state index contributed by atoms with van der Waals surface area (Å²) in [7, 11) is -9.11. The molecule has 0 rings (SSSR count). The monoisotopic (exact) mass is 386 g/mol. The highest BCUT2D eigenvalue weighted by molar-refractivity contribution is 7.70. The zero-order chi connectivity index (χ0) is 18.6. The fourth-order valence-corrected chi connectivity index (χ4v) is 3.16. The van der Waals surface area contributed by atoms with Crippen molar-refractivity contribution in [1.82, 2.24) is 0 Å². The molecule has 8 nitrogen and oxygen atoms in total. The first-order chi connectivity index (χ1) is 11.0. The van der Waals surface area contributed by atoms with E-state index in [4.69, 9.17) is 19.6 Å².